The Morgan fingerprint density at radius 1 is 1.26 bits per heavy atom. The number of carbonyl (C=O) groups excluding carboxylic acids is 1. The number of nitrogens with zero attached hydrogens (tertiary/aromatic N) is 2. The van der Waals surface area contributed by atoms with Crippen LogP contribution in [0, 0.1) is 5.82 Å². The van der Waals surface area contributed by atoms with Gasteiger partial charge >= 0.3 is 0 Å². The molecule has 0 spiro atoms. The van der Waals surface area contributed by atoms with Gasteiger partial charge in [0.25, 0.3) is 0 Å². The molecular formula is C21H19FN2OS2. The topological polar surface area (TPSA) is 33.2 Å². The molecule has 0 saturated heterocycles. The quantitative estimate of drug-likeness (QED) is 0.551. The predicted molar refractivity (Wildman–Crippen MR) is 110 cm³/mol. The summed E-state index contributed by atoms with van der Waals surface area (Å²) in [6.45, 7) is 4.02. The summed E-state index contributed by atoms with van der Waals surface area (Å²) in [4.78, 5) is 19.6. The fraction of sp³-hybridized carbons (Fsp3) is 0.238. The zero-order valence-corrected chi connectivity index (χ0v) is 16.7. The second kappa shape index (κ2) is 7.44. The third kappa shape index (κ3) is 3.64. The molecule has 1 aliphatic rings. The van der Waals surface area contributed by atoms with E-state index in [-0.39, 0.29) is 23.0 Å². The lowest BCUT2D eigenvalue weighted by molar-refractivity contribution is -0.118. The third-order valence-corrected chi connectivity index (χ3v) is 6.75. The van der Waals surface area contributed by atoms with Crippen LogP contribution in [0.3, 0.4) is 0 Å². The molecule has 1 aromatic heterocycles. The van der Waals surface area contributed by atoms with Crippen molar-refractivity contribution in [2.45, 2.75) is 35.9 Å². The van der Waals surface area contributed by atoms with Crippen LogP contribution in [0.15, 0.2) is 58.3 Å². The van der Waals surface area contributed by atoms with Gasteiger partial charge in [0.15, 0.2) is 4.34 Å². The predicted octanol–water partition coefficient (Wildman–Crippen LogP) is 5.41. The Bertz CT molecular complexity index is 970. The summed E-state index contributed by atoms with van der Waals surface area (Å²) in [5, 5.41) is 1.71. The molecule has 1 aliphatic heterocycles. The summed E-state index contributed by atoms with van der Waals surface area (Å²) in [5.74, 6) is -0.154. The molecule has 0 radical (unpaired) electrons. The Morgan fingerprint density at radius 3 is 2.78 bits per heavy atom. The van der Waals surface area contributed by atoms with E-state index in [1.807, 2.05) is 35.4 Å². The van der Waals surface area contributed by atoms with E-state index in [0.717, 1.165) is 27.7 Å². The molecule has 3 nitrogen and oxygen atoms in total. The van der Waals surface area contributed by atoms with Crippen molar-refractivity contribution in [3.8, 4) is 11.3 Å². The summed E-state index contributed by atoms with van der Waals surface area (Å²) in [6.07, 6.45) is 0.894. The van der Waals surface area contributed by atoms with Crippen LogP contribution in [0.2, 0.25) is 0 Å². The first-order chi connectivity index (χ1) is 13.0. The summed E-state index contributed by atoms with van der Waals surface area (Å²) < 4.78 is 13.9. The minimum atomic E-state index is -0.261. The molecular weight excluding hydrogens is 379 g/mol. The standard InChI is InChI=1S/C21H19FN2OS2/c1-13-11-16-5-3-4-6-19(16)24(13)20(25)14(2)27-21-23-18(12-26-21)15-7-9-17(22)10-8-15/h3-10,12-14H,11H2,1-2H3/t13-,14-/m0/s1. The van der Waals surface area contributed by atoms with Crippen molar-refractivity contribution in [3.63, 3.8) is 0 Å². The zero-order chi connectivity index (χ0) is 19.0. The van der Waals surface area contributed by atoms with Crippen molar-refractivity contribution in [1.29, 1.82) is 0 Å². The van der Waals surface area contributed by atoms with Gasteiger partial charge in [-0.1, -0.05) is 30.0 Å². The monoisotopic (exact) mass is 398 g/mol. The van der Waals surface area contributed by atoms with Gasteiger partial charge in [-0.15, -0.1) is 11.3 Å². The maximum Gasteiger partial charge on any atom is 0.240 e. The number of thioether (sulfide) groups is 1. The van der Waals surface area contributed by atoms with E-state index >= 15 is 0 Å². The van der Waals surface area contributed by atoms with Gasteiger partial charge in [0.2, 0.25) is 5.91 Å². The first-order valence-electron chi connectivity index (χ1n) is 8.82. The first kappa shape index (κ1) is 18.2. The summed E-state index contributed by atoms with van der Waals surface area (Å²) in [6, 6.07) is 14.6. The fourth-order valence-corrected chi connectivity index (χ4v) is 5.38. The van der Waals surface area contributed by atoms with Gasteiger partial charge in [0, 0.05) is 22.7 Å². The number of para-hydroxylation sites is 1. The molecule has 6 heteroatoms. The van der Waals surface area contributed by atoms with E-state index in [4.69, 9.17) is 0 Å². The molecule has 4 rings (SSSR count). The average Bonchev–Trinajstić information content (AvgIpc) is 3.25. The largest absolute Gasteiger partial charge is 0.308 e. The SMILES string of the molecule is C[C@H](Sc1nc(-c2ccc(F)cc2)cs1)C(=O)N1c2ccccc2C[C@@H]1C. The number of rotatable bonds is 4. The Hall–Kier alpha value is -2.18. The molecule has 0 fully saturated rings. The molecule has 2 aromatic carbocycles. The highest BCUT2D eigenvalue weighted by molar-refractivity contribution is 8.02. The minimum Gasteiger partial charge on any atom is -0.308 e. The highest BCUT2D eigenvalue weighted by Crippen LogP contribution is 2.36. The molecule has 2 atom stereocenters. The van der Waals surface area contributed by atoms with Crippen molar-refractivity contribution in [1.82, 2.24) is 4.98 Å². The van der Waals surface area contributed by atoms with Gasteiger partial charge in [-0.2, -0.15) is 0 Å². The van der Waals surface area contributed by atoms with Gasteiger partial charge in [0.1, 0.15) is 5.82 Å². The molecule has 0 N–H and O–H groups in total. The molecule has 2 heterocycles. The number of carbonyl (C=O) groups is 1. The van der Waals surface area contributed by atoms with E-state index in [2.05, 4.69) is 18.0 Å². The van der Waals surface area contributed by atoms with Crippen molar-refractivity contribution < 1.29 is 9.18 Å². The number of halogens is 1. The first-order valence-corrected chi connectivity index (χ1v) is 10.6. The molecule has 0 bridgehead atoms. The number of fused-ring (bicyclic) bond motifs is 1. The number of thiazole rings is 1. The molecule has 1 amide bonds. The second-order valence-electron chi connectivity index (χ2n) is 6.66. The zero-order valence-electron chi connectivity index (χ0n) is 15.1. The van der Waals surface area contributed by atoms with E-state index in [0.29, 0.717) is 0 Å². The molecule has 0 saturated carbocycles. The highest BCUT2D eigenvalue weighted by Gasteiger charge is 2.33. The summed E-state index contributed by atoms with van der Waals surface area (Å²) in [7, 11) is 0. The third-order valence-electron chi connectivity index (χ3n) is 4.69. The van der Waals surface area contributed by atoms with Crippen molar-refractivity contribution in [3.05, 3.63) is 65.3 Å². The average molecular weight is 399 g/mol. The van der Waals surface area contributed by atoms with Crippen molar-refractivity contribution in [2.75, 3.05) is 4.90 Å². The van der Waals surface area contributed by atoms with Crippen LogP contribution in [0.4, 0.5) is 10.1 Å². The summed E-state index contributed by atoms with van der Waals surface area (Å²) >= 11 is 2.99. The smallest absolute Gasteiger partial charge is 0.240 e. The number of hydrogen-bond acceptors (Lipinski definition) is 4. The van der Waals surface area contributed by atoms with E-state index in [1.54, 1.807) is 12.1 Å². The normalized spacial score (nSPS) is 17.0. The minimum absolute atomic E-state index is 0.107. The maximum atomic E-state index is 13.1. The molecule has 3 aromatic rings. The lowest BCUT2D eigenvalue weighted by Gasteiger charge is -2.25. The maximum absolute atomic E-state index is 13.1. The molecule has 0 aliphatic carbocycles. The van der Waals surface area contributed by atoms with E-state index < -0.39 is 0 Å². The van der Waals surface area contributed by atoms with Gasteiger partial charge < -0.3 is 4.90 Å². The Balaban J connectivity index is 1.49. The lowest BCUT2D eigenvalue weighted by atomic mass is 10.1. The van der Waals surface area contributed by atoms with Crippen molar-refractivity contribution >= 4 is 34.7 Å². The van der Waals surface area contributed by atoms with Crippen LogP contribution in [0.1, 0.15) is 19.4 Å². The Kier molecular flexibility index (Phi) is 5.02. The number of benzene rings is 2. The van der Waals surface area contributed by atoms with Gasteiger partial charge in [0.05, 0.1) is 10.9 Å². The fourth-order valence-electron chi connectivity index (χ4n) is 3.36. The number of amides is 1. The van der Waals surface area contributed by atoms with Gasteiger partial charge in [-0.3, -0.25) is 4.79 Å². The number of hydrogen-bond donors (Lipinski definition) is 0. The van der Waals surface area contributed by atoms with Crippen LogP contribution in [0.25, 0.3) is 11.3 Å². The Labute approximate surface area is 166 Å². The van der Waals surface area contributed by atoms with Gasteiger partial charge in [-0.05, 0) is 56.2 Å². The highest BCUT2D eigenvalue weighted by atomic mass is 32.2. The van der Waals surface area contributed by atoms with Crippen molar-refractivity contribution in [2.24, 2.45) is 0 Å². The molecule has 27 heavy (non-hydrogen) atoms. The van der Waals surface area contributed by atoms with Gasteiger partial charge in [-0.25, -0.2) is 9.37 Å². The van der Waals surface area contributed by atoms with Crippen LogP contribution in [-0.2, 0) is 11.2 Å². The molecule has 0 unspecified atom stereocenters. The van der Waals surface area contributed by atoms with E-state index in [9.17, 15) is 9.18 Å². The van der Waals surface area contributed by atoms with Crippen LogP contribution >= 0.6 is 23.1 Å². The number of anilines is 1. The Morgan fingerprint density at radius 2 is 2.00 bits per heavy atom. The van der Waals surface area contributed by atoms with Crippen LogP contribution in [0.5, 0.6) is 0 Å². The lowest BCUT2D eigenvalue weighted by Crippen LogP contribution is -2.40. The number of aromatic nitrogens is 1. The molecule has 138 valence electrons. The second-order valence-corrected chi connectivity index (χ2v) is 9.10. The van der Waals surface area contributed by atoms with Crippen LogP contribution in [-0.4, -0.2) is 22.2 Å². The van der Waals surface area contributed by atoms with Crippen LogP contribution < -0.4 is 4.90 Å². The summed E-state index contributed by atoms with van der Waals surface area (Å²) in [5.41, 5.74) is 3.93. The van der Waals surface area contributed by atoms with E-state index in [1.165, 1.54) is 40.8 Å².